The maximum Gasteiger partial charge on any atom is 0.0571 e. The second kappa shape index (κ2) is 4.26. The van der Waals surface area contributed by atoms with Gasteiger partial charge in [0, 0.05) is 9.85 Å². The minimum atomic E-state index is -0.0307. The molecule has 1 aromatic heterocycles. The van der Waals surface area contributed by atoms with Crippen LogP contribution < -0.4 is 5.73 Å². The summed E-state index contributed by atoms with van der Waals surface area (Å²) in [5.74, 6) is 0. The van der Waals surface area contributed by atoms with Crippen molar-refractivity contribution in [3.8, 4) is 0 Å². The van der Waals surface area contributed by atoms with E-state index >= 15 is 0 Å². The molecule has 1 aromatic carbocycles. The number of hydrogen-bond donors (Lipinski definition) is 1. The molecule has 0 amide bonds. The van der Waals surface area contributed by atoms with Crippen LogP contribution in [0.5, 0.6) is 0 Å². The highest BCUT2D eigenvalue weighted by atomic mass is 79.9. The highest BCUT2D eigenvalue weighted by Gasteiger charge is 2.11. The van der Waals surface area contributed by atoms with Crippen LogP contribution in [0.4, 0.5) is 0 Å². The summed E-state index contributed by atoms with van der Waals surface area (Å²) in [5, 5.41) is 4.14. The lowest BCUT2D eigenvalue weighted by atomic mass is 10.0. The lowest BCUT2D eigenvalue weighted by Crippen LogP contribution is -2.10. The Morgan fingerprint density at radius 1 is 1.14 bits per heavy atom. The van der Waals surface area contributed by atoms with Crippen LogP contribution in [0.2, 0.25) is 0 Å². The molecule has 0 aliphatic heterocycles. The van der Waals surface area contributed by atoms with Crippen LogP contribution in [0.1, 0.15) is 17.2 Å². The van der Waals surface area contributed by atoms with E-state index in [2.05, 4.69) is 38.8 Å². The van der Waals surface area contributed by atoms with Crippen molar-refractivity contribution in [1.29, 1.82) is 0 Å². The summed E-state index contributed by atoms with van der Waals surface area (Å²) in [6.07, 6.45) is 0. The van der Waals surface area contributed by atoms with Gasteiger partial charge in [0.1, 0.15) is 0 Å². The molecule has 1 heterocycles. The van der Waals surface area contributed by atoms with E-state index in [1.54, 1.807) is 11.3 Å². The lowest BCUT2D eigenvalue weighted by Gasteiger charge is -2.10. The Bertz CT molecular complexity index is 410. The molecule has 1 atom stereocenters. The molecule has 14 heavy (non-hydrogen) atoms. The smallest absolute Gasteiger partial charge is 0.0571 e. The number of benzene rings is 1. The summed E-state index contributed by atoms with van der Waals surface area (Å²) in [6.45, 7) is 0. The number of rotatable bonds is 2. The first-order valence-electron chi connectivity index (χ1n) is 4.31. The van der Waals surface area contributed by atoms with Crippen molar-refractivity contribution in [2.75, 3.05) is 0 Å². The van der Waals surface area contributed by atoms with Crippen LogP contribution in [0, 0.1) is 0 Å². The Hall–Kier alpha value is -0.640. The normalized spacial score (nSPS) is 12.7. The largest absolute Gasteiger partial charge is 0.320 e. The van der Waals surface area contributed by atoms with Gasteiger partial charge in [-0.2, -0.15) is 11.3 Å². The van der Waals surface area contributed by atoms with Gasteiger partial charge in [0.2, 0.25) is 0 Å². The van der Waals surface area contributed by atoms with Crippen LogP contribution >= 0.6 is 27.3 Å². The van der Waals surface area contributed by atoms with Crippen LogP contribution in [0.15, 0.2) is 45.6 Å². The van der Waals surface area contributed by atoms with Crippen LogP contribution in [0.3, 0.4) is 0 Å². The van der Waals surface area contributed by atoms with Gasteiger partial charge in [0.25, 0.3) is 0 Å². The zero-order valence-electron chi connectivity index (χ0n) is 7.48. The fraction of sp³-hybridized carbons (Fsp3) is 0.0909. The van der Waals surface area contributed by atoms with Crippen molar-refractivity contribution in [2.24, 2.45) is 5.73 Å². The number of halogens is 1. The van der Waals surface area contributed by atoms with Crippen molar-refractivity contribution < 1.29 is 0 Å². The quantitative estimate of drug-likeness (QED) is 0.885. The Labute approximate surface area is 95.7 Å². The first-order chi connectivity index (χ1) is 6.79. The van der Waals surface area contributed by atoms with E-state index in [0.717, 1.165) is 15.6 Å². The van der Waals surface area contributed by atoms with E-state index in [1.807, 2.05) is 18.2 Å². The number of nitrogens with two attached hydrogens (primary N) is 1. The topological polar surface area (TPSA) is 26.0 Å². The molecule has 0 aliphatic rings. The summed E-state index contributed by atoms with van der Waals surface area (Å²) >= 11 is 5.16. The predicted octanol–water partition coefficient (Wildman–Crippen LogP) is 3.56. The van der Waals surface area contributed by atoms with Crippen LogP contribution in [-0.2, 0) is 0 Å². The third kappa shape index (κ3) is 1.90. The minimum absolute atomic E-state index is 0.0307. The zero-order chi connectivity index (χ0) is 9.97. The van der Waals surface area contributed by atoms with Gasteiger partial charge in [-0.05, 0) is 32.4 Å². The number of thiophene rings is 1. The van der Waals surface area contributed by atoms with Gasteiger partial charge in [-0.3, -0.25) is 0 Å². The minimum Gasteiger partial charge on any atom is -0.320 e. The lowest BCUT2D eigenvalue weighted by molar-refractivity contribution is 0.872. The molecule has 0 fully saturated rings. The second-order valence-corrected chi connectivity index (χ2v) is 4.66. The standard InChI is InChI=1S/C11H10BrNS/c12-10-7-14-6-9(10)11(13)8-4-2-1-3-5-8/h1-7,11H,13H2. The van der Waals surface area contributed by atoms with E-state index in [0.29, 0.717) is 0 Å². The van der Waals surface area contributed by atoms with Crippen LogP contribution in [0.25, 0.3) is 0 Å². The Morgan fingerprint density at radius 2 is 1.86 bits per heavy atom. The van der Waals surface area contributed by atoms with Gasteiger partial charge in [-0.25, -0.2) is 0 Å². The average molecular weight is 268 g/mol. The molecule has 1 nitrogen and oxygen atoms in total. The molecule has 3 heteroatoms. The molecule has 1 unspecified atom stereocenters. The van der Waals surface area contributed by atoms with Crippen molar-refractivity contribution in [2.45, 2.75) is 6.04 Å². The van der Waals surface area contributed by atoms with E-state index in [-0.39, 0.29) is 6.04 Å². The highest BCUT2D eigenvalue weighted by Crippen LogP contribution is 2.29. The average Bonchev–Trinajstić information content (AvgIpc) is 2.65. The molecule has 72 valence electrons. The first kappa shape index (κ1) is 9.90. The molecular weight excluding hydrogens is 258 g/mol. The molecule has 0 spiro atoms. The summed E-state index contributed by atoms with van der Waals surface area (Å²) in [6, 6.07) is 10.1. The van der Waals surface area contributed by atoms with Crippen molar-refractivity contribution in [3.05, 3.63) is 56.7 Å². The first-order valence-corrected chi connectivity index (χ1v) is 6.04. The van der Waals surface area contributed by atoms with Gasteiger partial charge in [0.15, 0.2) is 0 Å². The van der Waals surface area contributed by atoms with Crippen molar-refractivity contribution in [1.82, 2.24) is 0 Å². The molecular formula is C11H10BrNS. The summed E-state index contributed by atoms with van der Waals surface area (Å²) < 4.78 is 1.10. The zero-order valence-corrected chi connectivity index (χ0v) is 9.88. The van der Waals surface area contributed by atoms with Crippen molar-refractivity contribution >= 4 is 27.3 Å². The molecule has 0 saturated carbocycles. The van der Waals surface area contributed by atoms with E-state index in [1.165, 1.54) is 0 Å². The van der Waals surface area contributed by atoms with Gasteiger partial charge in [-0.1, -0.05) is 30.3 Å². The Morgan fingerprint density at radius 3 is 2.43 bits per heavy atom. The molecule has 2 N–H and O–H groups in total. The summed E-state index contributed by atoms with van der Waals surface area (Å²) in [7, 11) is 0. The molecule has 2 rings (SSSR count). The van der Waals surface area contributed by atoms with Gasteiger partial charge in [0.05, 0.1) is 6.04 Å². The van der Waals surface area contributed by atoms with Gasteiger partial charge < -0.3 is 5.73 Å². The third-order valence-corrected chi connectivity index (χ3v) is 3.89. The second-order valence-electron chi connectivity index (χ2n) is 3.06. The van der Waals surface area contributed by atoms with E-state index < -0.39 is 0 Å². The maximum absolute atomic E-state index is 6.14. The Kier molecular flexibility index (Phi) is 3.01. The summed E-state index contributed by atoms with van der Waals surface area (Å²) in [4.78, 5) is 0. The van der Waals surface area contributed by atoms with Crippen molar-refractivity contribution in [3.63, 3.8) is 0 Å². The monoisotopic (exact) mass is 267 g/mol. The number of hydrogen-bond acceptors (Lipinski definition) is 2. The highest BCUT2D eigenvalue weighted by molar-refractivity contribution is 9.10. The maximum atomic E-state index is 6.14. The third-order valence-electron chi connectivity index (χ3n) is 2.14. The molecule has 0 radical (unpaired) electrons. The molecule has 0 bridgehead atoms. The van der Waals surface area contributed by atoms with Crippen LogP contribution in [-0.4, -0.2) is 0 Å². The van der Waals surface area contributed by atoms with Gasteiger partial charge >= 0.3 is 0 Å². The predicted molar refractivity (Wildman–Crippen MR) is 64.5 cm³/mol. The SMILES string of the molecule is NC(c1ccccc1)c1cscc1Br. The van der Waals surface area contributed by atoms with Gasteiger partial charge in [-0.15, -0.1) is 0 Å². The fourth-order valence-electron chi connectivity index (χ4n) is 1.35. The summed E-state index contributed by atoms with van der Waals surface area (Å²) in [5.41, 5.74) is 8.44. The molecule has 2 aromatic rings. The fourth-order valence-corrected chi connectivity index (χ4v) is 2.93. The molecule has 0 saturated heterocycles. The Balaban J connectivity index is 2.34. The van der Waals surface area contributed by atoms with E-state index in [4.69, 9.17) is 5.73 Å². The molecule has 0 aliphatic carbocycles. The van der Waals surface area contributed by atoms with E-state index in [9.17, 15) is 0 Å².